The number of halogens is 2. The minimum Gasteiger partial charge on any atom is -0.179 e. The lowest BCUT2D eigenvalue weighted by Crippen LogP contribution is -2.11. The molecule has 0 aliphatic rings. The summed E-state index contributed by atoms with van der Waals surface area (Å²) in [7, 11) is 0. The molecule has 116 valence electrons. The largest absolute Gasteiger partial charge is 0.248 e. The Morgan fingerprint density at radius 1 is 0.632 bits per heavy atom. The Bertz CT molecular complexity index is 183. The van der Waals surface area contributed by atoms with Crippen molar-refractivity contribution in [3.63, 3.8) is 0 Å². The fraction of sp³-hybridized carbons (Fsp3) is 1.00. The van der Waals surface area contributed by atoms with E-state index in [0.717, 1.165) is 11.8 Å². The second-order valence-corrected chi connectivity index (χ2v) is 14.5. The standard InChI is InChI=1S/C15H32Cl2SSi/c1-19(16,17)15-13-11-9-7-5-3-2-4-6-8-10-12-14-18/h18H,2-15H2,1H3. The van der Waals surface area contributed by atoms with E-state index in [1.807, 2.05) is 6.55 Å². The van der Waals surface area contributed by atoms with Gasteiger partial charge in [0.2, 0.25) is 6.69 Å². The van der Waals surface area contributed by atoms with Gasteiger partial charge in [0, 0.05) is 0 Å². The van der Waals surface area contributed by atoms with Crippen LogP contribution in [0.15, 0.2) is 0 Å². The van der Waals surface area contributed by atoms with E-state index in [1.165, 1.54) is 77.0 Å². The third kappa shape index (κ3) is 19.1. The minimum absolute atomic E-state index is 1.05. The van der Waals surface area contributed by atoms with Crippen LogP contribution in [0.4, 0.5) is 0 Å². The van der Waals surface area contributed by atoms with Crippen molar-refractivity contribution in [1.29, 1.82) is 0 Å². The highest BCUT2D eigenvalue weighted by molar-refractivity contribution is 7.80. The average molecular weight is 343 g/mol. The van der Waals surface area contributed by atoms with Gasteiger partial charge < -0.3 is 0 Å². The molecular weight excluding hydrogens is 311 g/mol. The summed E-state index contributed by atoms with van der Waals surface area (Å²) in [5, 5.41) is 0. The molecular formula is C15H32Cl2SSi. The van der Waals surface area contributed by atoms with Crippen molar-refractivity contribution < 1.29 is 0 Å². The first-order valence-corrected chi connectivity index (χ1v) is 13.4. The molecule has 0 unspecified atom stereocenters. The molecule has 0 bridgehead atoms. The van der Waals surface area contributed by atoms with Gasteiger partial charge in [-0.1, -0.05) is 70.6 Å². The highest BCUT2D eigenvalue weighted by Gasteiger charge is 2.19. The van der Waals surface area contributed by atoms with E-state index >= 15 is 0 Å². The molecule has 0 nitrogen and oxygen atoms in total. The first kappa shape index (κ1) is 20.1. The molecule has 0 radical (unpaired) electrons. The van der Waals surface area contributed by atoms with Crippen molar-refractivity contribution >= 4 is 41.5 Å². The predicted molar refractivity (Wildman–Crippen MR) is 97.4 cm³/mol. The first-order valence-electron chi connectivity index (χ1n) is 8.05. The first-order chi connectivity index (χ1) is 9.06. The van der Waals surface area contributed by atoms with E-state index in [2.05, 4.69) is 12.6 Å². The maximum Gasteiger partial charge on any atom is 0.248 e. The molecule has 0 aromatic carbocycles. The second-order valence-electron chi connectivity index (χ2n) is 5.79. The van der Waals surface area contributed by atoms with Gasteiger partial charge in [-0.3, -0.25) is 0 Å². The molecule has 0 saturated heterocycles. The normalized spacial score (nSPS) is 12.0. The van der Waals surface area contributed by atoms with E-state index < -0.39 is 6.69 Å². The molecule has 0 saturated carbocycles. The Morgan fingerprint density at radius 2 is 0.947 bits per heavy atom. The van der Waals surface area contributed by atoms with Gasteiger partial charge in [0.05, 0.1) is 0 Å². The highest BCUT2D eigenvalue weighted by Crippen LogP contribution is 2.23. The zero-order valence-electron chi connectivity index (χ0n) is 12.6. The lowest BCUT2D eigenvalue weighted by Gasteiger charge is -2.09. The third-order valence-corrected chi connectivity index (χ3v) is 6.21. The van der Waals surface area contributed by atoms with E-state index in [9.17, 15) is 0 Å². The highest BCUT2D eigenvalue weighted by atomic mass is 35.7. The van der Waals surface area contributed by atoms with Gasteiger partial charge in [-0.05, 0) is 24.8 Å². The SMILES string of the molecule is C[Si](Cl)(Cl)CCCCCCCCCCCCCCS. The zero-order chi connectivity index (χ0) is 14.4. The molecule has 0 aromatic heterocycles. The molecule has 19 heavy (non-hydrogen) atoms. The Kier molecular flexibility index (Phi) is 15.0. The smallest absolute Gasteiger partial charge is 0.179 e. The molecule has 0 aromatic rings. The van der Waals surface area contributed by atoms with Gasteiger partial charge in [0.25, 0.3) is 0 Å². The third-order valence-electron chi connectivity index (χ3n) is 3.52. The summed E-state index contributed by atoms with van der Waals surface area (Å²) in [6, 6.07) is 1.06. The number of hydrogen-bond donors (Lipinski definition) is 1. The van der Waals surface area contributed by atoms with Crippen LogP contribution in [0.5, 0.6) is 0 Å². The maximum atomic E-state index is 6.08. The van der Waals surface area contributed by atoms with Crippen molar-refractivity contribution in [3.8, 4) is 0 Å². The van der Waals surface area contributed by atoms with Crippen LogP contribution >= 0.6 is 34.8 Å². The monoisotopic (exact) mass is 342 g/mol. The van der Waals surface area contributed by atoms with E-state index in [1.54, 1.807) is 0 Å². The fourth-order valence-corrected chi connectivity index (χ4v) is 4.21. The molecule has 0 amide bonds. The van der Waals surface area contributed by atoms with Crippen LogP contribution in [0.3, 0.4) is 0 Å². The topological polar surface area (TPSA) is 0 Å². The van der Waals surface area contributed by atoms with Crippen LogP contribution in [0.1, 0.15) is 77.0 Å². The molecule has 0 aliphatic heterocycles. The van der Waals surface area contributed by atoms with Crippen LogP contribution in [0, 0.1) is 0 Å². The molecule has 0 N–H and O–H groups in total. The summed E-state index contributed by atoms with van der Waals surface area (Å²) < 4.78 is 0. The van der Waals surface area contributed by atoms with Crippen LogP contribution < -0.4 is 0 Å². The lowest BCUT2D eigenvalue weighted by molar-refractivity contribution is 0.548. The minimum atomic E-state index is -1.82. The Labute approximate surface area is 136 Å². The second kappa shape index (κ2) is 14.1. The van der Waals surface area contributed by atoms with Crippen LogP contribution in [-0.2, 0) is 0 Å². The van der Waals surface area contributed by atoms with Crippen LogP contribution in [0.25, 0.3) is 0 Å². The van der Waals surface area contributed by atoms with Crippen LogP contribution in [0.2, 0.25) is 12.6 Å². The van der Waals surface area contributed by atoms with Gasteiger partial charge in [-0.25, -0.2) is 0 Å². The number of hydrogen-bond acceptors (Lipinski definition) is 1. The quantitative estimate of drug-likeness (QED) is 0.147. The van der Waals surface area contributed by atoms with Gasteiger partial charge in [0.15, 0.2) is 0 Å². The van der Waals surface area contributed by atoms with Gasteiger partial charge in [-0.2, -0.15) is 12.6 Å². The maximum absolute atomic E-state index is 6.08. The molecule has 0 spiro atoms. The summed E-state index contributed by atoms with van der Waals surface area (Å²) >= 11 is 16.4. The molecule has 0 rings (SSSR count). The summed E-state index contributed by atoms with van der Waals surface area (Å²) in [4.78, 5) is 0. The summed E-state index contributed by atoms with van der Waals surface area (Å²) in [5.41, 5.74) is 0. The van der Waals surface area contributed by atoms with E-state index in [-0.39, 0.29) is 0 Å². The summed E-state index contributed by atoms with van der Waals surface area (Å²) in [6.07, 6.45) is 16.4. The zero-order valence-corrected chi connectivity index (χ0v) is 16.0. The number of rotatable bonds is 14. The Hall–Kier alpha value is 1.15. The molecule has 0 heterocycles. The van der Waals surface area contributed by atoms with Gasteiger partial charge >= 0.3 is 0 Å². The van der Waals surface area contributed by atoms with E-state index in [0.29, 0.717) is 0 Å². The molecule has 0 fully saturated rings. The number of unbranched alkanes of at least 4 members (excludes halogenated alkanes) is 11. The molecule has 0 atom stereocenters. The predicted octanol–water partition coefficient (Wildman–Crippen LogP) is 7.15. The van der Waals surface area contributed by atoms with Crippen molar-refractivity contribution in [1.82, 2.24) is 0 Å². The summed E-state index contributed by atoms with van der Waals surface area (Å²) in [5.74, 6) is 1.05. The lowest BCUT2D eigenvalue weighted by atomic mass is 10.1. The Morgan fingerprint density at radius 3 is 1.26 bits per heavy atom. The van der Waals surface area contributed by atoms with Gasteiger partial charge in [-0.15, -0.1) is 22.2 Å². The Balaban J connectivity index is 2.99. The van der Waals surface area contributed by atoms with Crippen molar-refractivity contribution in [3.05, 3.63) is 0 Å². The van der Waals surface area contributed by atoms with Crippen LogP contribution in [-0.4, -0.2) is 12.4 Å². The summed E-state index contributed by atoms with van der Waals surface area (Å²) in [6.45, 7) is 0.202. The number of thiol groups is 1. The molecule has 0 aliphatic carbocycles. The van der Waals surface area contributed by atoms with Crippen molar-refractivity contribution in [2.45, 2.75) is 89.6 Å². The van der Waals surface area contributed by atoms with Crippen molar-refractivity contribution in [2.75, 3.05) is 5.75 Å². The molecule has 4 heteroatoms. The fourth-order valence-electron chi connectivity index (χ4n) is 2.31. The van der Waals surface area contributed by atoms with E-state index in [4.69, 9.17) is 22.2 Å². The average Bonchev–Trinajstić information content (AvgIpc) is 2.34. The van der Waals surface area contributed by atoms with Crippen molar-refractivity contribution in [2.24, 2.45) is 0 Å². The van der Waals surface area contributed by atoms with Gasteiger partial charge in [0.1, 0.15) is 0 Å².